The summed E-state index contributed by atoms with van der Waals surface area (Å²) < 4.78 is 16.0. The molecule has 0 radical (unpaired) electrons. The largest absolute Gasteiger partial charge is 0.493 e. The second kappa shape index (κ2) is 14.4. The molecule has 0 aliphatic carbocycles. The van der Waals surface area contributed by atoms with Crippen LogP contribution in [0.1, 0.15) is 38.3 Å². The molecule has 1 unspecified atom stereocenters. The number of likely N-dealkylation sites (tertiary alicyclic amines) is 1. The number of aliphatic imine (C=N–C) groups is 1. The number of esters is 1. The predicted molar refractivity (Wildman–Crippen MR) is 138 cm³/mol. The van der Waals surface area contributed by atoms with Gasteiger partial charge < -0.3 is 29.3 Å². The Bertz CT molecular complexity index is 737. The molecule has 0 spiro atoms. The van der Waals surface area contributed by atoms with Gasteiger partial charge in [-0.15, -0.1) is 24.0 Å². The zero-order chi connectivity index (χ0) is 22.8. The highest BCUT2D eigenvalue weighted by atomic mass is 127. The second-order valence-electron chi connectivity index (χ2n) is 7.80. The number of hydrogen-bond acceptors (Lipinski definition) is 6. The van der Waals surface area contributed by atoms with Crippen LogP contribution >= 0.6 is 24.0 Å². The third kappa shape index (κ3) is 7.68. The van der Waals surface area contributed by atoms with Crippen molar-refractivity contribution in [2.75, 3.05) is 61.1 Å². The Morgan fingerprint density at radius 1 is 1.19 bits per heavy atom. The Labute approximate surface area is 209 Å². The van der Waals surface area contributed by atoms with Crippen molar-refractivity contribution < 1.29 is 19.0 Å². The maximum Gasteiger partial charge on any atom is 0.309 e. The lowest BCUT2D eigenvalue weighted by Gasteiger charge is -2.34. The van der Waals surface area contributed by atoms with E-state index < -0.39 is 0 Å². The van der Waals surface area contributed by atoms with Gasteiger partial charge in [0.2, 0.25) is 0 Å². The summed E-state index contributed by atoms with van der Waals surface area (Å²) in [5, 5.41) is 3.40. The minimum atomic E-state index is -0.0785. The zero-order valence-corrected chi connectivity index (χ0v) is 22.5. The number of carbonyl (C=O) groups is 1. The number of hydrogen-bond donors (Lipinski definition) is 1. The Morgan fingerprint density at radius 2 is 1.84 bits per heavy atom. The number of nitrogens with one attached hydrogen (secondary N) is 1. The first-order valence-electron chi connectivity index (χ1n) is 11.0. The average Bonchev–Trinajstić information content (AvgIpc) is 2.78. The molecule has 1 aromatic carbocycles. The van der Waals surface area contributed by atoms with Crippen molar-refractivity contribution in [1.82, 2.24) is 15.1 Å². The Hall–Kier alpha value is -1.75. The molecule has 1 saturated heterocycles. The van der Waals surface area contributed by atoms with Crippen LogP contribution in [0.15, 0.2) is 23.2 Å². The van der Waals surface area contributed by atoms with Gasteiger partial charge >= 0.3 is 5.97 Å². The predicted octanol–water partition coefficient (Wildman–Crippen LogP) is 3.17. The van der Waals surface area contributed by atoms with Crippen molar-refractivity contribution in [3.63, 3.8) is 0 Å². The summed E-state index contributed by atoms with van der Waals surface area (Å²) in [7, 11) is 7.38. The van der Waals surface area contributed by atoms with Gasteiger partial charge in [0.15, 0.2) is 17.5 Å². The highest BCUT2D eigenvalue weighted by Gasteiger charge is 2.27. The monoisotopic (exact) mass is 562 g/mol. The lowest BCUT2D eigenvalue weighted by Crippen LogP contribution is -2.47. The maximum absolute atomic E-state index is 12.0. The maximum atomic E-state index is 12.0. The van der Waals surface area contributed by atoms with Crippen LogP contribution < -0.4 is 14.8 Å². The third-order valence-electron chi connectivity index (χ3n) is 5.58. The van der Waals surface area contributed by atoms with Crippen molar-refractivity contribution in [2.45, 2.75) is 32.7 Å². The van der Waals surface area contributed by atoms with Crippen molar-refractivity contribution in [1.29, 1.82) is 0 Å². The summed E-state index contributed by atoms with van der Waals surface area (Å²) in [4.78, 5) is 21.4. The number of guanidine groups is 1. The number of carbonyl (C=O) groups excluding carboxylic acids is 1. The standard InChI is InChI=1S/C23H38N4O4.HI/c1-7-24-23(27-13-11-17(12-14-27)22(28)31-8-2)25-16-19(26(3)4)18-9-10-20(29-5)21(15-18)30-6;/h9-10,15,17,19H,7-8,11-14,16H2,1-6H3,(H,24,25);1H. The number of halogens is 1. The summed E-state index contributed by atoms with van der Waals surface area (Å²) in [6.07, 6.45) is 1.58. The first-order chi connectivity index (χ1) is 14.9. The van der Waals surface area contributed by atoms with Crippen LogP contribution in [-0.4, -0.2) is 82.8 Å². The lowest BCUT2D eigenvalue weighted by molar-refractivity contribution is -0.149. The summed E-state index contributed by atoms with van der Waals surface area (Å²) in [6, 6.07) is 6.08. The summed E-state index contributed by atoms with van der Waals surface area (Å²) in [6.45, 7) is 7.32. The van der Waals surface area contributed by atoms with Gasteiger partial charge in [-0.25, -0.2) is 0 Å². The fraction of sp³-hybridized carbons (Fsp3) is 0.652. The van der Waals surface area contributed by atoms with E-state index >= 15 is 0 Å². The number of piperidine rings is 1. The van der Waals surface area contributed by atoms with Gasteiger partial charge in [0.05, 0.1) is 39.3 Å². The molecular weight excluding hydrogens is 523 g/mol. The molecule has 1 fully saturated rings. The molecule has 0 aromatic heterocycles. The van der Waals surface area contributed by atoms with Gasteiger partial charge in [-0.3, -0.25) is 9.79 Å². The molecular formula is C23H39IN4O4. The Morgan fingerprint density at radius 3 is 2.38 bits per heavy atom. The normalized spacial score (nSPS) is 15.7. The minimum Gasteiger partial charge on any atom is -0.493 e. The average molecular weight is 562 g/mol. The molecule has 1 heterocycles. The summed E-state index contributed by atoms with van der Waals surface area (Å²) in [5.74, 6) is 2.22. The van der Waals surface area contributed by atoms with E-state index in [1.807, 2.05) is 19.1 Å². The molecule has 1 aliphatic heterocycles. The molecule has 1 aliphatic rings. The molecule has 0 bridgehead atoms. The Balaban J connectivity index is 0.00000512. The highest BCUT2D eigenvalue weighted by molar-refractivity contribution is 14.0. The first-order valence-corrected chi connectivity index (χ1v) is 11.0. The fourth-order valence-corrected chi connectivity index (χ4v) is 3.81. The van der Waals surface area contributed by atoms with Crippen LogP contribution in [0.5, 0.6) is 11.5 Å². The quantitative estimate of drug-likeness (QED) is 0.215. The number of rotatable bonds is 9. The molecule has 1 aromatic rings. The topological polar surface area (TPSA) is 75.6 Å². The van der Waals surface area contributed by atoms with E-state index in [1.165, 1.54) is 0 Å². The number of likely N-dealkylation sites (N-methyl/N-ethyl adjacent to an activating group) is 1. The van der Waals surface area contributed by atoms with Gasteiger partial charge in [-0.2, -0.15) is 0 Å². The Kier molecular flexibility index (Phi) is 12.7. The molecule has 182 valence electrons. The number of benzene rings is 1. The van der Waals surface area contributed by atoms with Gasteiger partial charge in [0, 0.05) is 19.6 Å². The van der Waals surface area contributed by atoms with Crippen molar-refractivity contribution in [3.05, 3.63) is 23.8 Å². The van der Waals surface area contributed by atoms with Gasteiger partial charge in [-0.05, 0) is 58.5 Å². The SMILES string of the molecule is CCNC(=NCC(c1ccc(OC)c(OC)c1)N(C)C)N1CCC(C(=O)OCC)CC1.I. The van der Waals surface area contributed by atoms with Crippen molar-refractivity contribution in [3.8, 4) is 11.5 Å². The molecule has 0 amide bonds. The van der Waals surface area contributed by atoms with Crippen molar-refractivity contribution in [2.24, 2.45) is 10.9 Å². The van der Waals surface area contributed by atoms with E-state index in [1.54, 1.807) is 14.2 Å². The van der Waals surface area contributed by atoms with Gasteiger partial charge in [-0.1, -0.05) is 6.07 Å². The van der Waals surface area contributed by atoms with Crippen LogP contribution in [0.4, 0.5) is 0 Å². The summed E-state index contributed by atoms with van der Waals surface area (Å²) in [5.41, 5.74) is 1.11. The molecule has 1 N–H and O–H groups in total. The smallest absolute Gasteiger partial charge is 0.309 e. The van der Waals surface area contributed by atoms with E-state index in [4.69, 9.17) is 19.2 Å². The summed E-state index contributed by atoms with van der Waals surface area (Å²) >= 11 is 0. The van der Waals surface area contributed by atoms with Crippen LogP contribution in [0.25, 0.3) is 0 Å². The number of ether oxygens (including phenoxy) is 3. The van der Waals surface area contributed by atoms with Crippen LogP contribution in [-0.2, 0) is 9.53 Å². The zero-order valence-electron chi connectivity index (χ0n) is 20.2. The molecule has 2 rings (SSSR count). The van der Waals surface area contributed by atoms with E-state index in [9.17, 15) is 4.79 Å². The molecule has 1 atom stereocenters. The van der Waals surface area contributed by atoms with E-state index in [2.05, 4.69) is 42.2 Å². The van der Waals surface area contributed by atoms with Crippen LogP contribution in [0.2, 0.25) is 0 Å². The van der Waals surface area contributed by atoms with E-state index in [0.717, 1.165) is 44.0 Å². The third-order valence-corrected chi connectivity index (χ3v) is 5.58. The fourth-order valence-electron chi connectivity index (χ4n) is 3.81. The second-order valence-corrected chi connectivity index (χ2v) is 7.80. The molecule has 8 nitrogen and oxygen atoms in total. The van der Waals surface area contributed by atoms with Gasteiger partial charge in [0.25, 0.3) is 0 Å². The molecule has 9 heteroatoms. The van der Waals surface area contributed by atoms with Gasteiger partial charge in [0.1, 0.15) is 0 Å². The first kappa shape index (κ1) is 28.3. The van der Waals surface area contributed by atoms with Crippen LogP contribution in [0, 0.1) is 5.92 Å². The molecule has 32 heavy (non-hydrogen) atoms. The van der Waals surface area contributed by atoms with Crippen LogP contribution in [0.3, 0.4) is 0 Å². The number of methoxy groups -OCH3 is 2. The molecule has 0 saturated carbocycles. The van der Waals surface area contributed by atoms with E-state index in [0.29, 0.717) is 24.7 Å². The lowest BCUT2D eigenvalue weighted by atomic mass is 9.97. The number of nitrogens with zero attached hydrogens (tertiary/aromatic N) is 3. The van der Waals surface area contributed by atoms with Crippen molar-refractivity contribution >= 4 is 35.9 Å². The highest BCUT2D eigenvalue weighted by Crippen LogP contribution is 2.31. The minimum absolute atomic E-state index is 0. The van der Waals surface area contributed by atoms with E-state index in [-0.39, 0.29) is 41.9 Å².